The number of nitrogens with one attached hydrogen (secondary N) is 1. The molecule has 1 aliphatic rings. The summed E-state index contributed by atoms with van der Waals surface area (Å²) in [7, 11) is 1.08. The Morgan fingerprint density at radius 1 is 0.867 bits per heavy atom. The summed E-state index contributed by atoms with van der Waals surface area (Å²) in [6.45, 7) is 4.31. The smallest absolute Gasteiger partial charge is 1.00 e. The first kappa shape index (κ1) is 34.6. The van der Waals surface area contributed by atoms with Gasteiger partial charge in [0.1, 0.15) is 0 Å². The molecule has 3 rings (SSSR count). The fourth-order valence-corrected chi connectivity index (χ4v) is 3.50. The molecule has 0 bridgehead atoms. The minimum absolute atomic E-state index is 0. The molecule has 1 amide bonds. The number of rotatable bonds is 1. The van der Waals surface area contributed by atoms with Gasteiger partial charge < -0.3 is 35.3 Å². The van der Waals surface area contributed by atoms with Gasteiger partial charge in [0.25, 0.3) is 0 Å². The van der Waals surface area contributed by atoms with E-state index in [0.29, 0.717) is 0 Å². The summed E-state index contributed by atoms with van der Waals surface area (Å²) >= 11 is 0. The second kappa shape index (κ2) is 23.6. The predicted octanol–water partition coefficient (Wildman–Crippen LogP) is 1.84. The van der Waals surface area contributed by atoms with E-state index in [1.54, 1.807) is 0 Å². The van der Waals surface area contributed by atoms with Crippen LogP contribution in [0.2, 0.25) is 13.1 Å². The Labute approximate surface area is 218 Å². The van der Waals surface area contributed by atoms with Crippen molar-refractivity contribution in [3.63, 3.8) is 0 Å². The first-order valence-corrected chi connectivity index (χ1v) is 12.6. The largest absolute Gasteiger partial charge is 4.00 e. The van der Waals surface area contributed by atoms with Crippen LogP contribution in [0.5, 0.6) is 0 Å². The first-order valence-electron chi connectivity index (χ1n) is 10.6. The molecule has 0 heterocycles. The molecule has 0 aliphatic heterocycles. The summed E-state index contributed by atoms with van der Waals surface area (Å²) in [5.41, 5.74) is 7.23. The summed E-state index contributed by atoms with van der Waals surface area (Å²) in [6.07, 6.45) is 13.5. The number of hydrogen-bond acceptors (Lipinski definition) is 1. The SMILES string of the molecule is C[Si]C.[Cl-].[Cl-].[Hf+4].[NH-]C(=O)C1CCCCCCCCCCC1.c1ccc2[cH-]ccc2c1. The summed E-state index contributed by atoms with van der Waals surface area (Å²) in [5, 5.41) is 2.66. The molecule has 1 N–H and O–H groups in total. The zero-order valence-electron chi connectivity index (χ0n) is 18.6. The van der Waals surface area contributed by atoms with Crippen molar-refractivity contribution >= 4 is 26.2 Å². The van der Waals surface area contributed by atoms with Gasteiger partial charge in [0.05, 0.1) is 5.91 Å². The van der Waals surface area contributed by atoms with Crippen molar-refractivity contribution in [2.75, 3.05) is 0 Å². The zero-order valence-corrected chi connectivity index (χ0v) is 24.7. The van der Waals surface area contributed by atoms with Crippen LogP contribution in [0, 0.1) is 5.92 Å². The van der Waals surface area contributed by atoms with Crippen LogP contribution in [0.15, 0.2) is 42.5 Å². The minimum atomic E-state index is -0.327. The molecule has 6 heteroatoms. The molecule has 0 atom stereocenters. The van der Waals surface area contributed by atoms with E-state index in [1.807, 2.05) is 0 Å². The van der Waals surface area contributed by atoms with Crippen molar-refractivity contribution in [1.82, 2.24) is 0 Å². The Bertz CT molecular complexity index is 582. The maximum Gasteiger partial charge on any atom is 4.00 e. The maximum atomic E-state index is 11.1. The van der Waals surface area contributed by atoms with Crippen molar-refractivity contribution in [2.45, 2.75) is 83.7 Å². The van der Waals surface area contributed by atoms with Crippen molar-refractivity contribution < 1.29 is 55.5 Å². The van der Waals surface area contributed by atoms with Crippen LogP contribution >= 0.6 is 0 Å². The van der Waals surface area contributed by atoms with Gasteiger partial charge in [-0.3, -0.25) is 0 Å². The van der Waals surface area contributed by atoms with Gasteiger partial charge in [-0.25, -0.2) is 0 Å². The quantitative estimate of drug-likeness (QED) is 0.350. The van der Waals surface area contributed by atoms with Gasteiger partial charge in [0.2, 0.25) is 0 Å². The molecule has 30 heavy (non-hydrogen) atoms. The molecule has 0 aromatic heterocycles. The number of amides is 1. The van der Waals surface area contributed by atoms with Gasteiger partial charge in [-0.2, -0.15) is 17.5 Å². The zero-order chi connectivity index (χ0) is 19.7. The summed E-state index contributed by atoms with van der Waals surface area (Å²) in [6, 6.07) is 14.7. The molecule has 2 nitrogen and oxygen atoms in total. The van der Waals surface area contributed by atoms with Crippen molar-refractivity contribution in [3.05, 3.63) is 48.2 Å². The van der Waals surface area contributed by atoms with Crippen LogP contribution < -0.4 is 24.8 Å². The topological polar surface area (TPSA) is 40.9 Å². The molecule has 1 aliphatic carbocycles. The third-order valence-corrected chi connectivity index (χ3v) is 5.02. The van der Waals surface area contributed by atoms with Gasteiger partial charge in [-0.1, -0.05) is 76.9 Å². The molecule has 2 radical (unpaired) electrons. The Morgan fingerprint density at radius 2 is 1.30 bits per heavy atom. The van der Waals surface area contributed by atoms with Crippen LogP contribution in [-0.2, 0) is 30.6 Å². The van der Waals surface area contributed by atoms with Crippen molar-refractivity contribution in [1.29, 1.82) is 0 Å². The summed E-state index contributed by atoms with van der Waals surface area (Å²) < 4.78 is 0. The van der Waals surface area contributed by atoms with E-state index in [0.717, 1.165) is 35.2 Å². The number of carbonyl (C=O) groups excluding carboxylic acids is 1. The fraction of sp³-hybridized carbons (Fsp3) is 0.583. The molecule has 2 aromatic rings. The molecule has 2 aromatic carbocycles. The van der Waals surface area contributed by atoms with E-state index in [2.05, 4.69) is 55.6 Å². The monoisotopic (exact) mass is 633 g/mol. The maximum absolute atomic E-state index is 11.1. The van der Waals surface area contributed by atoms with Crippen LogP contribution in [-0.4, -0.2) is 15.4 Å². The normalized spacial score (nSPS) is 15.0. The van der Waals surface area contributed by atoms with Crippen molar-refractivity contribution in [2.24, 2.45) is 5.92 Å². The third kappa shape index (κ3) is 16.6. The second-order valence-electron chi connectivity index (χ2n) is 7.48. The number of benzene rings is 1. The van der Waals surface area contributed by atoms with Crippen LogP contribution in [0.3, 0.4) is 0 Å². The molecular formula is C24H37Cl2HfNOSi. The minimum Gasteiger partial charge on any atom is -1.00 e. The third-order valence-electron chi connectivity index (χ3n) is 5.02. The average Bonchev–Trinajstić information content (AvgIpc) is 3.12. The first-order chi connectivity index (χ1) is 13.2. The predicted molar refractivity (Wildman–Crippen MR) is 121 cm³/mol. The van der Waals surface area contributed by atoms with Gasteiger partial charge in [-0.15, -0.1) is 29.7 Å². The number of halogens is 2. The van der Waals surface area contributed by atoms with E-state index < -0.39 is 0 Å². The van der Waals surface area contributed by atoms with E-state index >= 15 is 0 Å². The average molecular weight is 633 g/mol. The number of hydrogen-bond donors (Lipinski definition) is 0. The standard InChI is InChI=1S/C13H25NO.C9H7.C2H6Si.2ClH.Hf/c14-13(15)12-10-8-6-4-2-1-3-5-7-9-11-12;1-2-5-9-7-3-6-8(9)4-1;1-3-2;;;/h12H,1-11H2,(H2,14,15);1-7H;1-2H3;2*1H;/q;-1;;;;+4/p-3. The molecule has 1 saturated carbocycles. The van der Waals surface area contributed by atoms with Gasteiger partial charge in [0.15, 0.2) is 0 Å². The molecule has 0 unspecified atom stereocenters. The van der Waals surface area contributed by atoms with Gasteiger partial charge in [-0.05, 0) is 12.8 Å². The summed E-state index contributed by atoms with van der Waals surface area (Å²) in [4.78, 5) is 11.1. The van der Waals surface area contributed by atoms with Crippen LogP contribution in [0.1, 0.15) is 70.6 Å². The van der Waals surface area contributed by atoms with E-state index in [9.17, 15) is 4.79 Å². The van der Waals surface area contributed by atoms with E-state index in [1.165, 1.54) is 55.7 Å². The number of fused-ring (bicyclic) bond motifs is 1. The van der Waals surface area contributed by atoms with E-state index in [-0.39, 0.29) is 62.5 Å². The Balaban J connectivity index is -0.000000419. The Morgan fingerprint density at radius 3 is 1.73 bits per heavy atom. The number of carbonyl (C=O) groups is 1. The van der Waals surface area contributed by atoms with Gasteiger partial charge in [0, 0.05) is 15.4 Å². The Kier molecular flexibility index (Phi) is 27.2. The molecule has 166 valence electrons. The van der Waals surface area contributed by atoms with E-state index in [4.69, 9.17) is 5.73 Å². The molecule has 1 fully saturated rings. The van der Waals surface area contributed by atoms with Crippen LogP contribution in [0.25, 0.3) is 16.5 Å². The second-order valence-corrected chi connectivity index (χ2v) is 8.48. The molecule has 0 spiro atoms. The molecule has 0 saturated heterocycles. The van der Waals surface area contributed by atoms with Crippen LogP contribution in [0.4, 0.5) is 0 Å². The Hall–Kier alpha value is -0.0330. The van der Waals surface area contributed by atoms with Crippen molar-refractivity contribution in [3.8, 4) is 0 Å². The van der Waals surface area contributed by atoms with Gasteiger partial charge >= 0.3 is 25.8 Å². The summed E-state index contributed by atoms with van der Waals surface area (Å²) in [5.74, 6) is -0.281. The molecular weight excluding hydrogens is 596 g/mol. The fourth-order valence-electron chi connectivity index (χ4n) is 3.50.